The zero-order valence-electron chi connectivity index (χ0n) is 12.3. The highest BCUT2D eigenvalue weighted by molar-refractivity contribution is 5.98. The molecule has 6 nitrogen and oxygen atoms in total. The Hall–Kier alpha value is -3.02. The number of ether oxygens (including phenoxy) is 1. The first-order valence-corrected chi connectivity index (χ1v) is 6.57. The minimum absolute atomic E-state index is 0.369. The van der Waals surface area contributed by atoms with Crippen molar-refractivity contribution in [1.82, 2.24) is 10.9 Å². The lowest BCUT2D eigenvalue weighted by Gasteiger charge is -2.05. The maximum absolute atomic E-state index is 11.8. The monoisotopic (exact) mass is 300 g/mol. The number of rotatable bonds is 4. The first kappa shape index (κ1) is 15.4. The summed E-state index contributed by atoms with van der Waals surface area (Å²) in [7, 11) is 1.56. The largest absolute Gasteiger partial charge is 0.496 e. The Morgan fingerprint density at radius 1 is 1.18 bits per heavy atom. The van der Waals surface area contributed by atoms with E-state index >= 15 is 0 Å². The summed E-state index contributed by atoms with van der Waals surface area (Å²) in [6.07, 6.45) is 4.32. The normalized spacial score (nSPS) is 10.5. The van der Waals surface area contributed by atoms with Crippen molar-refractivity contribution in [2.75, 3.05) is 7.11 Å². The van der Waals surface area contributed by atoms with Gasteiger partial charge in [-0.3, -0.25) is 20.4 Å². The van der Waals surface area contributed by atoms with E-state index in [1.165, 1.54) is 18.4 Å². The molecule has 0 bridgehead atoms. The fraction of sp³-hybridized carbons (Fsp3) is 0.125. The Morgan fingerprint density at radius 3 is 2.64 bits per heavy atom. The van der Waals surface area contributed by atoms with Crippen LogP contribution in [0.4, 0.5) is 0 Å². The predicted molar refractivity (Wildman–Crippen MR) is 81.1 cm³/mol. The average Bonchev–Trinajstić information content (AvgIpc) is 2.97. The Bertz CT molecular complexity index is 704. The zero-order chi connectivity index (χ0) is 15.9. The molecule has 2 rings (SSSR count). The SMILES string of the molecule is COc1ccccc1C=CC(=O)NNC(=O)c1ccoc1C. The summed E-state index contributed by atoms with van der Waals surface area (Å²) in [5.41, 5.74) is 5.74. The lowest BCUT2D eigenvalue weighted by Crippen LogP contribution is -2.40. The number of nitrogens with one attached hydrogen (secondary N) is 2. The van der Waals surface area contributed by atoms with Crippen LogP contribution in [0.5, 0.6) is 5.75 Å². The second-order valence-corrected chi connectivity index (χ2v) is 4.41. The number of furan rings is 1. The molecule has 1 heterocycles. The van der Waals surface area contributed by atoms with Gasteiger partial charge in [0.05, 0.1) is 18.9 Å². The number of para-hydroxylation sites is 1. The van der Waals surface area contributed by atoms with E-state index < -0.39 is 11.8 Å². The number of carbonyl (C=O) groups is 2. The number of amides is 2. The summed E-state index contributed by atoms with van der Waals surface area (Å²) in [6.45, 7) is 1.66. The molecular weight excluding hydrogens is 284 g/mol. The molecule has 22 heavy (non-hydrogen) atoms. The van der Waals surface area contributed by atoms with Crippen molar-refractivity contribution in [2.24, 2.45) is 0 Å². The van der Waals surface area contributed by atoms with Gasteiger partial charge < -0.3 is 9.15 Å². The van der Waals surface area contributed by atoms with Gasteiger partial charge in [-0.15, -0.1) is 0 Å². The number of benzene rings is 1. The molecule has 0 aliphatic carbocycles. The van der Waals surface area contributed by atoms with Crippen LogP contribution >= 0.6 is 0 Å². The first-order valence-electron chi connectivity index (χ1n) is 6.57. The molecular formula is C16H16N2O4. The molecule has 1 aromatic heterocycles. The van der Waals surface area contributed by atoms with E-state index in [9.17, 15) is 9.59 Å². The van der Waals surface area contributed by atoms with Gasteiger partial charge >= 0.3 is 0 Å². The highest BCUT2D eigenvalue weighted by atomic mass is 16.5. The van der Waals surface area contributed by atoms with E-state index in [1.54, 1.807) is 26.2 Å². The molecule has 0 atom stereocenters. The van der Waals surface area contributed by atoms with Gasteiger partial charge in [0.1, 0.15) is 11.5 Å². The topological polar surface area (TPSA) is 80.6 Å². The summed E-state index contributed by atoms with van der Waals surface area (Å²) in [6, 6.07) is 8.81. The van der Waals surface area contributed by atoms with E-state index in [4.69, 9.17) is 9.15 Å². The average molecular weight is 300 g/mol. The van der Waals surface area contributed by atoms with Crippen LogP contribution < -0.4 is 15.6 Å². The van der Waals surface area contributed by atoms with Crippen molar-refractivity contribution in [3.8, 4) is 5.75 Å². The summed E-state index contributed by atoms with van der Waals surface area (Å²) >= 11 is 0. The van der Waals surface area contributed by atoms with Crippen LogP contribution in [0.25, 0.3) is 6.08 Å². The quantitative estimate of drug-likeness (QED) is 0.669. The van der Waals surface area contributed by atoms with Crippen molar-refractivity contribution in [3.05, 3.63) is 59.6 Å². The highest BCUT2D eigenvalue weighted by Gasteiger charge is 2.11. The van der Waals surface area contributed by atoms with Crippen LogP contribution in [-0.2, 0) is 4.79 Å². The van der Waals surface area contributed by atoms with E-state index in [1.807, 2.05) is 18.2 Å². The van der Waals surface area contributed by atoms with Gasteiger partial charge in [-0.05, 0) is 25.1 Å². The second-order valence-electron chi connectivity index (χ2n) is 4.41. The number of methoxy groups -OCH3 is 1. The van der Waals surface area contributed by atoms with E-state index in [-0.39, 0.29) is 0 Å². The molecule has 0 radical (unpaired) electrons. The van der Waals surface area contributed by atoms with Crippen LogP contribution in [0.2, 0.25) is 0 Å². The summed E-state index contributed by atoms with van der Waals surface area (Å²) in [5.74, 6) is 0.242. The molecule has 0 spiro atoms. The Balaban J connectivity index is 1.92. The molecule has 2 aromatic rings. The summed E-state index contributed by atoms with van der Waals surface area (Å²) in [5, 5.41) is 0. The van der Waals surface area contributed by atoms with Gasteiger partial charge in [0.2, 0.25) is 0 Å². The smallest absolute Gasteiger partial charge is 0.273 e. The summed E-state index contributed by atoms with van der Waals surface area (Å²) in [4.78, 5) is 23.5. The molecule has 114 valence electrons. The van der Waals surface area contributed by atoms with Crippen molar-refractivity contribution < 1.29 is 18.7 Å². The number of aryl methyl sites for hydroxylation is 1. The van der Waals surface area contributed by atoms with Gasteiger partial charge in [-0.1, -0.05) is 18.2 Å². The molecule has 0 saturated heterocycles. The third-order valence-corrected chi connectivity index (χ3v) is 2.96. The number of carbonyl (C=O) groups excluding carboxylic acids is 2. The first-order chi connectivity index (χ1) is 10.6. The van der Waals surface area contributed by atoms with Crippen molar-refractivity contribution >= 4 is 17.9 Å². The van der Waals surface area contributed by atoms with Crippen LogP contribution in [0.3, 0.4) is 0 Å². The van der Waals surface area contributed by atoms with Crippen molar-refractivity contribution in [2.45, 2.75) is 6.92 Å². The van der Waals surface area contributed by atoms with Gasteiger partial charge in [0, 0.05) is 11.6 Å². The van der Waals surface area contributed by atoms with Crippen LogP contribution in [0.15, 0.2) is 47.1 Å². The molecule has 0 aliphatic heterocycles. The van der Waals surface area contributed by atoms with Crippen LogP contribution in [-0.4, -0.2) is 18.9 Å². The minimum Gasteiger partial charge on any atom is -0.496 e. The third kappa shape index (κ3) is 3.76. The maximum Gasteiger partial charge on any atom is 0.273 e. The Morgan fingerprint density at radius 2 is 1.95 bits per heavy atom. The molecule has 2 N–H and O–H groups in total. The van der Waals surface area contributed by atoms with Crippen molar-refractivity contribution in [3.63, 3.8) is 0 Å². The van der Waals surface area contributed by atoms with Gasteiger partial charge in [-0.2, -0.15) is 0 Å². The second kappa shape index (κ2) is 7.12. The van der Waals surface area contributed by atoms with Crippen LogP contribution in [0, 0.1) is 6.92 Å². The number of hydrogen-bond donors (Lipinski definition) is 2. The van der Waals surface area contributed by atoms with E-state index in [0.717, 1.165) is 5.56 Å². The maximum atomic E-state index is 11.8. The van der Waals surface area contributed by atoms with E-state index in [0.29, 0.717) is 17.1 Å². The fourth-order valence-corrected chi connectivity index (χ4v) is 1.82. The molecule has 2 amide bonds. The lowest BCUT2D eigenvalue weighted by atomic mass is 10.2. The Labute approximate surface area is 127 Å². The lowest BCUT2D eigenvalue weighted by molar-refractivity contribution is -0.117. The van der Waals surface area contributed by atoms with Crippen LogP contribution in [0.1, 0.15) is 21.7 Å². The molecule has 0 fully saturated rings. The molecule has 6 heteroatoms. The van der Waals surface area contributed by atoms with Gasteiger partial charge in [-0.25, -0.2) is 0 Å². The number of hydrazine groups is 1. The number of hydrogen-bond acceptors (Lipinski definition) is 4. The molecule has 0 saturated carbocycles. The standard InChI is InChI=1S/C16H16N2O4/c1-11-13(9-10-22-11)16(20)18-17-15(19)8-7-12-5-3-4-6-14(12)21-2/h3-10H,1-2H3,(H,17,19)(H,18,20). The minimum atomic E-state index is -0.458. The predicted octanol–water partition coefficient (Wildman–Crippen LogP) is 2.07. The summed E-state index contributed by atoms with van der Waals surface area (Å²) < 4.78 is 10.2. The molecule has 1 aromatic carbocycles. The third-order valence-electron chi connectivity index (χ3n) is 2.96. The van der Waals surface area contributed by atoms with Gasteiger partial charge in [0.15, 0.2) is 0 Å². The van der Waals surface area contributed by atoms with E-state index in [2.05, 4.69) is 10.9 Å². The molecule has 0 aliphatic rings. The Kier molecular flexibility index (Phi) is 4.98. The molecule has 0 unspecified atom stereocenters. The highest BCUT2D eigenvalue weighted by Crippen LogP contribution is 2.18. The zero-order valence-corrected chi connectivity index (χ0v) is 12.3. The fourth-order valence-electron chi connectivity index (χ4n) is 1.82. The van der Waals surface area contributed by atoms with Gasteiger partial charge in [0.25, 0.3) is 11.8 Å². The van der Waals surface area contributed by atoms with Crippen molar-refractivity contribution in [1.29, 1.82) is 0 Å².